The minimum Gasteiger partial charge on any atom is -0.375 e. The zero-order chi connectivity index (χ0) is 14.2. The van der Waals surface area contributed by atoms with Crippen LogP contribution in [0.2, 0.25) is 0 Å². The highest BCUT2D eigenvalue weighted by Gasteiger charge is 2.43. The highest BCUT2D eigenvalue weighted by atomic mass is 16.5. The van der Waals surface area contributed by atoms with Crippen LogP contribution in [-0.2, 0) is 11.2 Å². The minimum atomic E-state index is 0.0631. The van der Waals surface area contributed by atoms with E-state index >= 15 is 0 Å². The summed E-state index contributed by atoms with van der Waals surface area (Å²) in [6.45, 7) is 6.18. The lowest BCUT2D eigenvalue weighted by molar-refractivity contribution is -0.0603. The summed E-state index contributed by atoms with van der Waals surface area (Å²) in [4.78, 5) is 2.58. The molecule has 1 saturated heterocycles. The van der Waals surface area contributed by atoms with Gasteiger partial charge in [0.15, 0.2) is 0 Å². The maximum Gasteiger partial charge on any atom is 0.0573 e. The van der Waals surface area contributed by atoms with E-state index in [-0.39, 0.29) is 17.7 Å². The molecule has 1 aromatic carbocycles. The molecule has 20 heavy (non-hydrogen) atoms. The molecule has 0 aromatic heterocycles. The third-order valence-corrected chi connectivity index (χ3v) is 4.86. The number of nitrogens with zero attached hydrogens (tertiary/aromatic N) is 1. The fourth-order valence-corrected chi connectivity index (χ4v) is 4.17. The van der Waals surface area contributed by atoms with E-state index in [1.807, 2.05) is 0 Å². The molecule has 110 valence electrons. The van der Waals surface area contributed by atoms with E-state index in [9.17, 15) is 0 Å². The first-order valence-corrected chi connectivity index (χ1v) is 7.86. The van der Waals surface area contributed by atoms with Gasteiger partial charge in [0.05, 0.1) is 17.7 Å². The summed E-state index contributed by atoms with van der Waals surface area (Å²) in [6.07, 6.45) is 5.05. The zero-order valence-electron chi connectivity index (χ0n) is 12.6. The van der Waals surface area contributed by atoms with Crippen LogP contribution in [0.4, 0.5) is 5.69 Å². The first kappa shape index (κ1) is 13.9. The van der Waals surface area contributed by atoms with Crippen LogP contribution in [0, 0.1) is 0 Å². The van der Waals surface area contributed by atoms with E-state index in [4.69, 9.17) is 10.5 Å². The quantitative estimate of drug-likeness (QED) is 0.901. The van der Waals surface area contributed by atoms with Crippen LogP contribution in [0.25, 0.3) is 0 Å². The average molecular weight is 274 g/mol. The van der Waals surface area contributed by atoms with Crippen molar-refractivity contribution in [1.82, 2.24) is 0 Å². The molecular formula is C17H26N2O. The summed E-state index contributed by atoms with van der Waals surface area (Å²) < 4.78 is 5.94. The second kappa shape index (κ2) is 5.38. The summed E-state index contributed by atoms with van der Waals surface area (Å²) in [5.41, 5.74) is 9.18. The molecule has 1 aromatic rings. The van der Waals surface area contributed by atoms with E-state index in [0.29, 0.717) is 6.54 Å². The smallest absolute Gasteiger partial charge is 0.0573 e. The summed E-state index contributed by atoms with van der Waals surface area (Å²) in [6, 6.07) is 8.81. The summed E-state index contributed by atoms with van der Waals surface area (Å²) >= 11 is 0. The van der Waals surface area contributed by atoms with Crippen LogP contribution in [-0.4, -0.2) is 30.8 Å². The van der Waals surface area contributed by atoms with Crippen LogP contribution in [0.1, 0.15) is 38.7 Å². The number of aryl methyl sites for hydroxylation is 1. The van der Waals surface area contributed by atoms with E-state index < -0.39 is 0 Å². The molecule has 3 heteroatoms. The van der Waals surface area contributed by atoms with Crippen LogP contribution in [0.15, 0.2) is 24.3 Å². The molecule has 2 unspecified atom stereocenters. The molecule has 0 bridgehead atoms. The van der Waals surface area contributed by atoms with Gasteiger partial charge in [0, 0.05) is 18.8 Å². The maximum atomic E-state index is 6.25. The van der Waals surface area contributed by atoms with Gasteiger partial charge in [0.2, 0.25) is 0 Å². The predicted octanol–water partition coefficient (Wildman–Crippen LogP) is 2.72. The number of fused-ring (bicyclic) bond motifs is 1. The molecule has 0 spiro atoms. The molecule has 0 saturated carbocycles. The largest absolute Gasteiger partial charge is 0.375 e. The molecule has 3 nitrogen and oxygen atoms in total. The van der Waals surface area contributed by atoms with Gasteiger partial charge < -0.3 is 15.4 Å². The molecule has 2 aliphatic rings. The molecule has 0 radical (unpaired) electrons. The second-order valence-corrected chi connectivity index (χ2v) is 6.48. The van der Waals surface area contributed by atoms with Crippen molar-refractivity contribution in [2.24, 2.45) is 5.73 Å². The monoisotopic (exact) mass is 274 g/mol. The molecule has 2 aliphatic heterocycles. The standard InChI is InChI=1S/C17H26N2O/c1-13-10-17(12-18,11-14(2)20-13)19-9-5-7-15-6-3-4-8-16(15)19/h3-4,6,8,13-14H,5,7,9-12,18H2,1-2H3. The molecule has 0 aliphatic carbocycles. The summed E-state index contributed by atoms with van der Waals surface area (Å²) in [7, 11) is 0. The Kier molecular flexibility index (Phi) is 3.74. The maximum absolute atomic E-state index is 6.25. The third-order valence-electron chi connectivity index (χ3n) is 4.86. The Balaban J connectivity index is 1.98. The third kappa shape index (κ3) is 2.33. The molecule has 3 rings (SSSR count). The summed E-state index contributed by atoms with van der Waals surface area (Å²) in [5, 5.41) is 0. The number of nitrogens with two attached hydrogens (primary N) is 1. The Hall–Kier alpha value is -1.06. The first-order valence-electron chi connectivity index (χ1n) is 7.86. The highest BCUT2D eigenvalue weighted by Crippen LogP contribution is 2.40. The lowest BCUT2D eigenvalue weighted by atomic mass is 9.80. The van der Waals surface area contributed by atoms with Crippen molar-refractivity contribution >= 4 is 5.69 Å². The van der Waals surface area contributed by atoms with Crippen LogP contribution in [0.5, 0.6) is 0 Å². The average Bonchev–Trinajstić information content (AvgIpc) is 2.45. The topological polar surface area (TPSA) is 38.5 Å². The van der Waals surface area contributed by atoms with E-state index in [2.05, 4.69) is 43.0 Å². The number of hydrogen-bond donors (Lipinski definition) is 1. The van der Waals surface area contributed by atoms with Crippen molar-refractivity contribution in [3.63, 3.8) is 0 Å². The highest BCUT2D eigenvalue weighted by molar-refractivity contribution is 5.58. The van der Waals surface area contributed by atoms with Crippen LogP contribution >= 0.6 is 0 Å². The van der Waals surface area contributed by atoms with Crippen molar-refractivity contribution < 1.29 is 4.74 Å². The number of para-hydroxylation sites is 1. The number of ether oxygens (including phenoxy) is 1. The lowest BCUT2D eigenvalue weighted by Crippen LogP contribution is -2.61. The molecule has 2 heterocycles. The van der Waals surface area contributed by atoms with Gasteiger partial charge in [0.1, 0.15) is 0 Å². The van der Waals surface area contributed by atoms with Gasteiger partial charge in [-0.25, -0.2) is 0 Å². The van der Waals surface area contributed by atoms with Crippen molar-refractivity contribution in [1.29, 1.82) is 0 Å². The second-order valence-electron chi connectivity index (χ2n) is 6.48. The van der Waals surface area contributed by atoms with E-state index in [0.717, 1.165) is 19.4 Å². The molecule has 1 fully saturated rings. The van der Waals surface area contributed by atoms with Gasteiger partial charge in [-0.2, -0.15) is 0 Å². The van der Waals surface area contributed by atoms with Gasteiger partial charge in [-0.3, -0.25) is 0 Å². The molecular weight excluding hydrogens is 248 g/mol. The van der Waals surface area contributed by atoms with Gasteiger partial charge in [-0.05, 0) is 51.2 Å². The zero-order valence-corrected chi connectivity index (χ0v) is 12.6. The molecule has 0 amide bonds. The van der Waals surface area contributed by atoms with Crippen LogP contribution < -0.4 is 10.6 Å². The number of anilines is 1. The van der Waals surface area contributed by atoms with Gasteiger partial charge in [-0.15, -0.1) is 0 Å². The minimum absolute atomic E-state index is 0.0631. The van der Waals surface area contributed by atoms with Crippen molar-refractivity contribution in [3.05, 3.63) is 29.8 Å². The molecule has 2 N–H and O–H groups in total. The Bertz CT molecular complexity index is 464. The Morgan fingerprint density at radius 2 is 1.95 bits per heavy atom. The summed E-state index contributed by atoms with van der Waals surface area (Å²) in [5.74, 6) is 0. The van der Waals surface area contributed by atoms with Crippen molar-refractivity contribution in [3.8, 4) is 0 Å². The van der Waals surface area contributed by atoms with E-state index in [1.165, 1.54) is 24.1 Å². The van der Waals surface area contributed by atoms with Crippen molar-refractivity contribution in [2.45, 2.75) is 57.3 Å². The predicted molar refractivity (Wildman–Crippen MR) is 83.1 cm³/mol. The Morgan fingerprint density at radius 3 is 2.65 bits per heavy atom. The van der Waals surface area contributed by atoms with Crippen LogP contribution in [0.3, 0.4) is 0 Å². The first-order chi connectivity index (χ1) is 9.64. The Morgan fingerprint density at radius 1 is 1.25 bits per heavy atom. The SMILES string of the molecule is CC1CC(CN)(N2CCCc3ccccc32)CC(C)O1. The Labute approximate surface area is 122 Å². The van der Waals surface area contributed by atoms with E-state index in [1.54, 1.807) is 0 Å². The van der Waals surface area contributed by atoms with Gasteiger partial charge in [0.25, 0.3) is 0 Å². The molecule has 2 atom stereocenters. The number of hydrogen-bond acceptors (Lipinski definition) is 3. The number of benzene rings is 1. The van der Waals surface area contributed by atoms with Crippen molar-refractivity contribution in [2.75, 3.05) is 18.0 Å². The van der Waals surface area contributed by atoms with Gasteiger partial charge >= 0.3 is 0 Å². The van der Waals surface area contributed by atoms with Gasteiger partial charge in [-0.1, -0.05) is 18.2 Å². The normalized spacial score (nSPS) is 33.9. The fraction of sp³-hybridized carbons (Fsp3) is 0.647. The number of rotatable bonds is 2. The lowest BCUT2D eigenvalue weighted by Gasteiger charge is -2.52. The fourth-order valence-electron chi connectivity index (χ4n) is 4.17.